The number of hydrogen-bond acceptors (Lipinski definition) is 2. The first-order valence-electron chi connectivity index (χ1n) is 9.03. The Kier molecular flexibility index (Phi) is 10.5. The second kappa shape index (κ2) is 12.4. The molecule has 1 amide bonds. The monoisotopic (exact) mass is 369 g/mol. The van der Waals surface area contributed by atoms with Gasteiger partial charge in [-0.1, -0.05) is 37.0 Å². The number of nitrogens with one attached hydrogen (secondary N) is 1. The van der Waals surface area contributed by atoms with E-state index < -0.39 is 0 Å². The number of amides is 1. The molecule has 0 aromatic carbocycles. The molecule has 0 saturated heterocycles. The van der Waals surface area contributed by atoms with Gasteiger partial charge in [0.15, 0.2) is 0 Å². The van der Waals surface area contributed by atoms with Crippen molar-refractivity contribution in [3.05, 3.63) is 77.8 Å². The molecule has 2 nitrogen and oxygen atoms in total. The maximum absolute atomic E-state index is 12.1. The lowest BCUT2D eigenvalue weighted by atomic mass is 9.86. The van der Waals surface area contributed by atoms with E-state index in [1.54, 1.807) is 17.8 Å². The molecule has 1 N–H and O–H groups in total. The van der Waals surface area contributed by atoms with Crippen LogP contribution in [0.15, 0.2) is 77.8 Å². The van der Waals surface area contributed by atoms with Gasteiger partial charge in [0.25, 0.3) is 0 Å². The minimum absolute atomic E-state index is 0.0370. The highest BCUT2D eigenvalue weighted by atomic mass is 32.2. The van der Waals surface area contributed by atoms with E-state index in [9.17, 15) is 4.79 Å². The number of carbonyl (C=O) groups is 1. The third-order valence-electron chi connectivity index (χ3n) is 4.36. The summed E-state index contributed by atoms with van der Waals surface area (Å²) in [5, 5.41) is 3.01. The molecule has 0 aromatic heterocycles. The van der Waals surface area contributed by atoms with Gasteiger partial charge in [-0.05, 0) is 68.7 Å². The number of carbonyl (C=O) groups excluding carboxylic acids is 1. The fourth-order valence-corrected chi connectivity index (χ4v) is 3.21. The first-order chi connectivity index (χ1) is 12.5. The van der Waals surface area contributed by atoms with Crippen molar-refractivity contribution in [3.63, 3.8) is 0 Å². The van der Waals surface area contributed by atoms with Crippen LogP contribution >= 0.6 is 11.8 Å². The standard InChI is InChI=1S/C23H31NOS/c1-6-22(24-23(25)16-17-26-5)19(4)21(18(2)3)15-14-20-12-10-8-7-9-11-13-20/h6,8-10,12-13,21H,1-2,7,14-17H2,3-5H3,(H,24,25). The molecule has 1 aliphatic rings. The van der Waals surface area contributed by atoms with Gasteiger partial charge >= 0.3 is 0 Å². The largest absolute Gasteiger partial charge is 0.326 e. The summed E-state index contributed by atoms with van der Waals surface area (Å²) in [5.41, 5.74) is 7.50. The second-order valence-corrected chi connectivity index (χ2v) is 7.44. The predicted molar refractivity (Wildman–Crippen MR) is 116 cm³/mol. The zero-order valence-corrected chi connectivity index (χ0v) is 17.1. The average molecular weight is 370 g/mol. The molecule has 0 aliphatic heterocycles. The molecule has 0 spiro atoms. The van der Waals surface area contributed by atoms with Crippen LogP contribution < -0.4 is 5.32 Å². The summed E-state index contributed by atoms with van der Waals surface area (Å²) in [6, 6.07) is 0. The lowest BCUT2D eigenvalue weighted by molar-refractivity contribution is -0.119. The van der Waals surface area contributed by atoms with Gasteiger partial charge in [-0.25, -0.2) is 0 Å². The van der Waals surface area contributed by atoms with Crippen molar-refractivity contribution in [1.82, 2.24) is 5.32 Å². The number of rotatable bonds is 10. The van der Waals surface area contributed by atoms with Crippen LogP contribution in [0.2, 0.25) is 0 Å². The Morgan fingerprint density at radius 3 is 2.88 bits per heavy atom. The smallest absolute Gasteiger partial charge is 0.225 e. The molecule has 1 unspecified atom stereocenters. The molecule has 0 fully saturated rings. The first kappa shape index (κ1) is 22.1. The van der Waals surface area contributed by atoms with Gasteiger partial charge in [-0.3, -0.25) is 4.79 Å². The molecular weight excluding hydrogens is 338 g/mol. The molecule has 26 heavy (non-hydrogen) atoms. The molecule has 0 radical (unpaired) electrons. The van der Waals surface area contributed by atoms with E-state index in [0.29, 0.717) is 6.42 Å². The van der Waals surface area contributed by atoms with Gasteiger partial charge in [0.05, 0.1) is 0 Å². The van der Waals surface area contributed by atoms with Gasteiger partial charge in [-0.2, -0.15) is 11.8 Å². The summed E-state index contributed by atoms with van der Waals surface area (Å²) in [4.78, 5) is 12.1. The van der Waals surface area contributed by atoms with Crippen molar-refractivity contribution in [2.45, 2.75) is 39.5 Å². The van der Waals surface area contributed by atoms with Crippen molar-refractivity contribution in [3.8, 4) is 0 Å². The Hall–Kier alpha value is -1.96. The Labute approximate surface area is 163 Å². The van der Waals surface area contributed by atoms with Gasteiger partial charge < -0.3 is 5.32 Å². The van der Waals surface area contributed by atoms with Crippen molar-refractivity contribution >= 4 is 17.7 Å². The number of hydrogen-bond donors (Lipinski definition) is 1. The van der Waals surface area contributed by atoms with Crippen molar-refractivity contribution < 1.29 is 4.79 Å². The van der Waals surface area contributed by atoms with E-state index in [1.165, 1.54) is 5.57 Å². The lowest BCUT2D eigenvalue weighted by Crippen LogP contribution is -2.24. The SMILES string of the molecule is C=CC(NC(=O)CCSC)=C(C)C(CCC1=CC=CCC=C=C1)C(=C)C. The summed E-state index contributed by atoms with van der Waals surface area (Å²) in [5.74, 6) is 1.06. The van der Waals surface area contributed by atoms with E-state index in [0.717, 1.165) is 41.9 Å². The summed E-state index contributed by atoms with van der Waals surface area (Å²) < 4.78 is 0. The highest BCUT2D eigenvalue weighted by Crippen LogP contribution is 2.28. The molecule has 0 aromatic rings. The minimum Gasteiger partial charge on any atom is -0.326 e. The van der Waals surface area contributed by atoms with Crippen molar-refractivity contribution in [2.75, 3.05) is 12.0 Å². The Balaban J connectivity index is 2.88. The van der Waals surface area contributed by atoms with E-state index in [1.807, 2.05) is 19.3 Å². The van der Waals surface area contributed by atoms with Crippen LogP contribution in [0.3, 0.4) is 0 Å². The summed E-state index contributed by atoms with van der Waals surface area (Å²) in [6.45, 7) is 12.2. The van der Waals surface area contributed by atoms with E-state index in [2.05, 4.69) is 55.4 Å². The van der Waals surface area contributed by atoms with Crippen LogP contribution in [0.5, 0.6) is 0 Å². The Morgan fingerprint density at radius 2 is 2.23 bits per heavy atom. The molecular formula is C23H31NOS. The molecule has 1 rings (SSSR count). The first-order valence-corrected chi connectivity index (χ1v) is 10.4. The summed E-state index contributed by atoms with van der Waals surface area (Å²) in [6.07, 6.45) is 17.5. The lowest BCUT2D eigenvalue weighted by Gasteiger charge is -2.21. The van der Waals surface area contributed by atoms with E-state index >= 15 is 0 Å². The van der Waals surface area contributed by atoms with E-state index in [4.69, 9.17) is 0 Å². The second-order valence-electron chi connectivity index (χ2n) is 6.45. The van der Waals surface area contributed by atoms with E-state index in [-0.39, 0.29) is 11.8 Å². The number of thioether (sulfide) groups is 1. The van der Waals surface area contributed by atoms with Gasteiger partial charge in [0, 0.05) is 23.8 Å². The Bertz CT molecular complexity index is 672. The summed E-state index contributed by atoms with van der Waals surface area (Å²) >= 11 is 1.67. The molecule has 3 heteroatoms. The maximum Gasteiger partial charge on any atom is 0.225 e. The zero-order chi connectivity index (χ0) is 19.4. The Morgan fingerprint density at radius 1 is 1.46 bits per heavy atom. The molecule has 0 bridgehead atoms. The fraction of sp³-hybridized carbons (Fsp3) is 0.391. The van der Waals surface area contributed by atoms with Crippen LogP contribution in [0, 0.1) is 5.92 Å². The van der Waals surface area contributed by atoms with Crippen molar-refractivity contribution in [1.29, 1.82) is 0 Å². The minimum atomic E-state index is 0.0370. The number of allylic oxidation sites excluding steroid dienone is 8. The molecule has 1 atom stereocenters. The van der Waals surface area contributed by atoms with Gasteiger partial charge in [0.1, 0.15) is 0 Å². The third-order valence-corrected chi connectivity index (χ3v) is 4.97. The quantitative estimate of drug-likeness (QED) is 0.296. The highest BCUT2D eigenvalue weighted by molar-refractivity contribution is 7.98. The third kappa shape index (κ3) is 7.95. The molecule has 0 heterocycles. The topological polar surface area (TPSA) is 29.1 Å². The van der Waals surface area contributed by atoms with Crippen LogP contribution in [0.25, 0.3) is 0 Å². The normalized spacial score (nSPS) is 15.4. The zero-order valence-electron chi connectivity index (χ0n) is 16.3. The maximum atomic E-state index is 12.1. The van der Waals surface area contributed by atoms with Gasteiger partial charge in [0.2, 0.25) is 5.91 Å². The predicted octanol–water partition coefficient (Wildman–Crippen LogP) is 5.89. The van der Waals surface area contributed by atoms with Crippen LogP contribution in [-0.4, -0.2) is 17.9 Å². The van der Waals surface area contributed by atoms with Crippen molar-refractivity contribution in [2.24, 2.45) is 5.92 Å². The van der Waals surface area contributed by atoms with Gasteiger partial charge in [-0.15, -0.1) is 5.73 Å². The summed E-state index contributed by atoms with van der Waals surface area (Å²) in [7, 11) is 0. The molecule has 140 valence electrons. The fourth-order valence-electron chi connectivity index (χ4n) is 2.83. The molecule has 0 saturated carbocycles. The van der Waals surface area contributed by atoms with Crippen LogP contribution in [-0.2, 0) is 4.79 Å². The average Bonchev–Trinajstić information content (AvgIpc) is 2.58. The highest BCUT2D eigenvalue weighted by Gasteiger charge is 2.16. The molecule has 1 aliphatic carbocycles. The van der Waals surface area contributed by atoms with Crippen LogP contribution in [0.4, 0.5) is 0 Å². The van der Waals surface area contributed by atoms with Crippen LogP contribution in [0.1, 0.15) is 39.5 Å².